The molecule has 22 heavy (non-hydrogen) atoms. The minimum atomic E-state index is -0.0664. The highest BCUT2D eigenvalue weighted by molar-refractivity contribution is 5.95. The van der Waals surface area contributed by atoms with Gasteiger partial charge in [0.05, 0.1) is 11.7 Å². The number of hydrogen-bond donors (Lipinski definition) is 2. The number of rotatable bonds is 3. The van der Waals surface area contributed by atoms with E-state index in [1.807, 2.05) is 42.5 Å². The highest BCUT2D eigenvalue weighted by Crippen LogP contribution is 2.20. The van der Waals surface area contributed by atoms with E-state index in [4.69, 9.17) is 0 Å². The van der Waals surface area contributed by atoms with Crippen LogP contribution in [0.3, 0.4) is 0 Å². The maximum absolute atomic E-state index is 12.1. The molecule has 1 amide bonds. The molecule has 0 spiro atoms. The van der Waals surface area contributed by atoms with Crippen molar-refractivity contribution < 1.29 is 4.79 Å². The van der Waals surface area contributed by atoms with Gasteiger partial charge < -0.3 is 10.6 Å². The predicted molar refractivity (Wildman–Crippen MR) is 93.8 cm³/mol. The van der Waals surface area contributed by atoms with E-state index < -0.39 is 0 Å². The fourth-order valence-corrected chi connectivity index (χ4v) is 2.41. The van der Waals surface area contributed by atoms with Gasteiger partial charge in [0.25, 0.3) is 0 Å². The lowest BCUT2D eigenvalue weighted by Gasteiger charge is -2.11. The van der Waals surface area contributed by atoms with Crippen LogP contribution in [0.2, 0.25) is 0 Å². The number of nitrogens with one attached hydrogen (secondary N) is 2. The summed E-state index contributed by atoms with van der Waals surface area (Å²) < 4.78 is 0. The van der Waals surface area contributed by atoms with Crippen LogP contribution in [-0.4, -0.2) is 23.5 Å². The standard InChI is InChI=1S/C16H17N3O.2ClH/c20-16(14-7-4-9-17-14)19-13-8-10-18-15(11-13)12-5-2-1-3-6-12;;/h1-3,5-6,8,10-11,14,17H,4,7,9H2,(H,18,19,20);2*1H. The van der Waals surface area contributed by atoms with E-state index in [9.17, 15) is 4.79 Å². The van der Waals surface area contributed by atoms with Crippen molar-refractivity contribution in [2.24, 2.45) is 0 Å². The van der Waals surface area contributed by atoms with Crippen LogP contribution in [-0.2, 0) is 4.79 Å². The first-order valence-electron chi connectivity index (χ1n) is 6.89. The highest BCUT2D eigenvalue weighted by atomic mass is 35.5. The van der Waals surface area contributed by atoms with Crippen molar-refractivity contribution in [2.45, 2.75) is 18.9 Å². The molecule has 1 aromatic carbocycles. The van der Waals surface area contributed by atoms with Gasteiger partial charge in [-0.3, -0.25) is 9.78 Å². The third kappa shape index (κ3) is 4.44. The van der Waals surface area contributed by atoms with Crippen LogP contribution in [0.4, 0.5) is 5.69 Å². The van der Waals surface area contributed by atoms with Gasteiger partial charge in [0, 0.05) is 17.4 Å². The van der Waals surface area contributed by atoms with E-state index in [0.717, 1.165) is 36.3 Å². The van der Waals surface area contributed by atoms with Gasteiger partial charge in [-0.2, -0.15) is 0 Å². The van der Waals surface area contributed by atoms with Gasteiger partial charge in [0.1, 0.15) is 0 Å². The maximum atomic E-state index is 12.1. The zero-order chi connectivity index (χ0) is 13.8. The summed E-state index contributed by atoms with van der Waals surface area (Å²) in [5.74, 6) is 0.0349. The second kappa shape index (κ2) is 8.73. The molecule has 1 aliphatic rings. The Balaban J connectivity index is 0.00000121. The minimum Gasteiger partial charge on any atom is -0.325 e. The van der Waals surface area contributed by atoms with Crippen LogP contribution in [0.5, 0.6) is 0 Å². The topological polar surface area (TPSA) is 54.0 Å². The van der Waals surface area contributed by atoms with Crippen LogP contribution in [0, 0.1) is 0 Å². The second-order valence-corrected chi connectivity index (χ2v) is 4.93. The normalized spacial score (nSPS) is 16.3. The van der Waals surface area contributed by atoms with E-state index in [1.165, 1.54) is 0 Å². The molecule has 6 heteroatoms. The lowest BCUT2D eigenvalue weighted by molar-refractivity contribution is -0.117. The molecular weight excluding hydrogens is 321 g/mol. The monoisotopic (exact) mass is 339 g/mol. The Hall–Kier alpha value is -1.62. The molecular formula is C16H19Cl2N3O. The van der Waals surface area contributed by atoms with Gasteiger partial charge >= 0.3 is 0 Å². The van der Waals surface area contributed by atoms with Crippen molar-refractivity contribution in [2.75, 3.05) is 11.9 Å². The first-order chi connectivity index (χ1) is 9.83. The number of aromatic nitrogens is 1. The molecule has 0 saturated carbocycles. The second-order valence-electron chi connectivity index (χ2n) is 4.93. The quantitative estimate of drug-likeness (QED) is 0.902. The number of anilines is 1. The molecule has 1 fully saturated rings. The van der Waals surface area contributed by atoms with Crippen LogP contribution >= 0.6 is 24.8 Å². The third-order valence-corrected chi connectivity index (χ3v) is 3.47. The Labute approximate surface area is 142 Å². The summed E-state index contributed by atoms with van der Waals surface area (Å²) in [7, 11) is 0. The van der Waals surface area contributed by atoms with Crippen molar-refractivity contribution in [3.05, 3.63) is 48.7 Å². The number of amides is 1. The number of halogens is 2. The lowest BCUT2D eigenvalue weighted by atomic mass is 10.1. The lowest BCUT2D eigenvalue weighted by Crippen LogP contribution is -2.35. The number of carbonyl (C=O) groups is 1. The fourth-order valence-electron chi connectivity index (χ4n) is 2.41. The molecule has 4 nitrogen and oxygen atoms in total. The van der Waals surface area contributed by atoms with Crippen molar-refractivity contribution >= 4 is 36.4 Å². The summed E-state index contributed by atoms with van der Waals surface area (Å²) >= 11 is 0. The Bertz CT molecular complexity index is 601. The Morgan fingerprint density at radius 2 is 1.95 bits per heavy atom. The summed E-state index contributed by atoms with van der Waals surface area (Å²) in [6.07, 6.45) is 3.69. The molecule has 3 rings (SSSR count). The van der Waals surface area contributed by atoms with E-state index in [-0.39, 0.29) is 36.8 Å². The molecule has 118 valence electrons. The van der Waals surface area contributed by atoms with Gasteiger partial charge in [-0.25, -0.2) is 0 Å². The summed E-state index contributed by atoms with van der Waals surface area (Å²) in [4.78, 5) is 16.4. The fraction of sp³-hybridized carbons (Fsp3) is 0.250. The maximum Gasteiger partial charge on any atom is 0.241 e. The molecule has 0 radical (unpaired) electrons. The first kappa shape index (κ1) is 18.4. The third-order valence-electron chi connectivity index (χ3n) is 3.47. The van der Waals surface area contributed by atoms with Gasteiger partial charge in [0.15, 0.2) is 0 Å². The zero-order valence-electron chi connectivity index (χ0n) is 12.0. The molecule has 2 aromatic rings. The molecule has 1 aromatic heterocycles. The van der Waals surface area contributed by atoms with E-state index in [0.29, 0.717) is 0 Å². The SMILES string of the molecule is Cl.Cl.O=C(Nc1ccnc(-c2ccccc2)c1)C1CCCN1. The van der Waals surface area contributed by atoms with Crippen molar-refractivity contribution in [1.29, 1.82) is 0 Å². The average Bonchev–Trinajstić information content (AvgIpc) is 3.03. The highest BCUT2D eigenvalue weighted by Gasteiger charge is 2.21. The van der Waals surface area contributed by atoms with E-state index in [1.54, 1.807) is 6.20 Å². The molecule has 2 heterocycles. The largest absolute Gasteiger partial charge is 0.325 e. The first-order valence-corrected chi connectivity index (χ1v) is 6.89. The van der Waals surface area contributed by atoms with Gasteiger partial charge in [-0.15, -0.1) is 24.8 Å². The smallest absolute Gasteiger partial charge is 0.241 e. The van der Waals surface area contributed by atoms with Gasteiger partial charge in [0.2, 0.25) is 5.91 Å². The number of nitrogens with zero attached hydrogens (tertiary/aromatic N) is 1. The molecule has 1 saturated heterocycles. The molecule has 0 bridgehead atoms. The Kier molecular flexibility index (Phi) is 7.32. The molecule has 1 unspecified atom stereocenters. The molecule has 1 atom stereocenters. The Morgan fingerprint density at radius 3 is 2.64 bits per heavy atom. The minimum absolute atomic E-state index is 0. The van der Waals surface area contributed by atoms with Gasteiger partial charge in [-0.05, 0) is 31.5 Å². The van der Waals surface area contributed by atoms with Gasteiger partial charge in [-0.1, -0.05) is 30.3 Å². The predicted octanol–water partition coefficient (Wildman–Crippen LogP) is 3.28. The number of carbonyl (C=O) groups excluding carboxylic acids is 1. The van der Waals surface area contributed by atoms with Crippen molar-refractivity contribution in [3.8, 4) is 11.3 Å². The van der Waals surface area contributed by atoms with E-state index in [2.05, 4.69) is 15.6 Å². The van der Waals surface area contributed by atoms with Crippen LogP contribution in [0.15, 0.2) is 48.7 Å². The summed E-state index contributed by atoms with van der Waals surface area (Å²) in [6, 6.07) is 13.6. The van der Waals surface area contributed by atoms with Crippen molar-refractivity contribution in [1.82, 2.24) is 10.3 Å². The molecule has 2 N–H and O–H groups in total. The molecule has 0 aliphatic carbocycles. The zero-order valence-corrected chi connectivity index (χ0v) is 13.6. The van der Waals surface area contributed by atoms with Crippen LogP contribution < -0.4 is 10.6 Å². The van der Waals surface area contributed by atoms with E-state index >= 15 is 0 Å². The summed E-state index contributed by atoms with van der Waals surface area (Å²) in [5, 5.41) is 6.15. The molecule has 1 aliphatic heterocycles. The van der Waals surface area contributed by atoms with Crippen molar-refractivity contribution in [3.63, 3.8) is 0 Å². The van der Waals surface area contributed by atoms with Crippen LogP contribution in [0.1, 0.15) is 12.8 Å². The van der Waals surface area contributed by atoms with Crippen LogP contribution in [0.25, 0.3) is 11.3 Å². The number of hydrogen-bond acceptors (Lipinski definition) is 3. The average molecular weight is 340 g/mol. The number of pyridine rings is 1. The Morgan fingerprint density at radius 1 is 1.18 bits per heavy atom. The summed E-state index contributed by atoms with van der Waals surface area (Å²) in [5.41, 5.74) is 2.70. The summed E-state index contributed by atoms with van der Waals surface area (Å²) in [6.45, 7) is 0.920. The number of benzene rings is 1.